The number of halogens is 1. The monoisotopic (exact) mass is 464 g/mol. The van der Waals surface area contributed by atoms with Crippen LogP contribution in [-0.2, 0) is 26.3 Å². The normalized spacial score (nSPS) is 12.3. The van der Waals surface area contributed by atoms with Gasteiger partial charge in [0.25, 0.3) is 0 Å². The van der Waals surface area contributed by atoms with Gasteiger partial charge in [-0.25, -0.2) is 8.70 Å². The standard InChI is InChI=1S/C22H29FN4O4S/c1-5-24-22(29)17(2)26(15-18-11-9-10-14-20(18)23)21(28)16-27(32(30,31)25(3)4)19-12-7-6-8-13-19/h6-14,17H,5,15-16H2,1-4H3,(H,24,29)/t17-/m0/s1. The maximum Gasteiger partial charge on any atom is 0.304 e. The van der Waals surface area contributed by atoms with Crippen LogP contribution in [-0.4, -0.2) is 62.7 Å². The largest absolute Gasteiger partial charge is 0.355 e. The Morgan fingerprint density at radius 2 is 1.62 bits per heavy atom. The average Bonchev–Trinajstić information content (AvgIpc) is 2.76. The first-order valence-corrected chi connectivity index (χ1v) is 11.5. The summed E-state index contributed by atoms with van der Waals surface area (Å²) in [6.07, 6.45) is 0. The van der Waals surface area contributed by atoms with Gasteiger partial charge in [-0.2, -0.15) is 12.7 Å². The van der Waals surface area contributed by atoms with E-state index in [4.69, 9.17) is 0 Å². The molecule has 2 aromatic carbocycles. The summed E-state index contributed by atoms with van der Waals surface area (Å²) >= 11 is 0. The molecule has 32 heavy (non-hydrogen) atoms. The van der Waals surface area contributed by atoms with E-state index in [1.165, 1.54) is 44.1 Å². The number of para-hydroxylation sites is 1. The van der Waals surface area contributed by atoms with Gasteiger partial charge in [-0.1, -0.05) is 36.4 Å². The van der Waals surface area contributed by atoms with Crippen LogP contribution in [0.2, 0.25) is 0 Å². The molecule has 0 aliphatic carbocycles. The Morgan fingerprint density at radius 1 is 1.03 bits per heavy atom. The van der Waals surface area contributed by atoms with Crippen LogP contribution in [0.1, 0.15) is 19.4 Å². The molecule has 2 rings (SSSR count). The molecule has 10 heteroatoms. The van der Waals surface area contributed by atoms with Crippen LogP contribution in [0.15, 0.2) is 54.6 Å². The highest BCUT2D eigenvalue weighted by Gasteiger charge is 2.32. The van der Waals surface area contributed by atoms with Crippen LogP contribution in [0, 0.1) is 5.82 Å². The Balaban J connectivity index is 2.43. The third-order valence-corrected chi connectivity index (χ3v) is 6.70. The third-order valence-electron chi connectivity index (χ3n) is 4.88. The van der Waals surface area contributed by atoms with Crippen molar-refractivity contribution in [3.63, 3.8) is 0 Å². The van der Waals surface area contributed by atoms with E-state index >= 15 is 0 Å². The minimum atomic E-state index is -4.01. The van der Waals surface area contributed by atoms with Gasteiger partial charge in [0.1, 0.15) is 18.4 Å². The summed E-state index contributed by atoms with van der Waals surface area (Å²) in [5, 5.41) is 2.65. The van der Waals surface area contributed by atoms with Gasteiger partial charge in [0.05, 0.1) is 5.69 Å². The van der Waals surface area contributed by atoms with Gasteiger partial charge in [-0.05, 0) is 32.0 Å². The Hall–Kier alpha value is -2.98. The zero-order chi connectivity index (χ0) is 23.9. The number of rotatable bonds is 10. The van der Waals surface area contributed by atoms with E-state index in [0.717, 1.165) is 8.61 Å². The zero-order valence-electron chi connectivity index (χ0n) is 18.7. The number of amides is 2. The van der Waals surface area contributed by atoms with Crippen LogP contribution in [0.3, 0.4) is 0 Å². The van der Waals surface area contributed by atoms with Gasteiger partial charge in [0.2, 0.25) is 11.8 Å². The van der Waals surface area contributed by atoms with Crippen molar-refractivity contribution >= 4 is 27.7 Å². The summed E-state index contributed by atoms with van der Waals surface area (Å²) in [5.74, 6) is -1.57. The quantitative estimate of drug-likeness (QED) is 0.582. The number of hydrogen-bond donors (Lipinski definition) is 1. The van der Waals surface area contributed by atoms with Gasteiger partial charge >= 0.3 is 10.2 Å². The summed E-state index contributed by atoms with van der Waals surface area (Å²) in [5.41, 5.74) is 0.518. The van der Waals surface area contributed by atoms with E-state index in [-0.39, 0.29) is 12.1 Å². The highest BCUT2D eigenvalue weighted by molar-refractivity contribution is 7.90. The van der Waals surface area contributed by atoms with Crippen molar-refractivity contribution < 1.29 is 22.4 Å². The molecule has 0 saturated carbocycles. The maximum atomic E-state index is 14.3. The molecule has 0 fully saturated rings. The first-order valence-electron chi connectivity index (χ1n) is 10.1. The van der Waals surface area contributed by atoms with Gasteiger partial charge in [-0.15, -0.1) is 0 Å². The predicted molar refractivity (Wildman–Crippen MR) is 121 cm³/mol. The van der Waals surface area contributed by atoms with Crippen LogP contribution >= 0.6 is 0 Å². The smallest absolute Gasteiger partial charge is 0.304 e. The number of nitrogens with zero attached hydrogens (tertiary/aromatic N) is 3. The lowest BCUT2D eigenvalue weighted by Gasteiger charge is -2.32. The van der Waals surface area contributed by atoms with Crippen molar-refractivity contribution in [3.05, 3.63) is 66.0 Å². The fraction of sp³-hybridized carbons (Fsp3) is 0.364. The molecule has 0 saturated heterocycles. The first-order chi connectivity index (χ1) is 15.1. The number of carbonyl (C=O) groups is 2. The van der Waals surface area contributed by atoms with E-state index < -0.39 is 40.4 Å². The van der Waals surface area contributed by atoms with Crippen molar-refractivity contribution in [3.8, 4) is 0 Å². The molecule has 0 heterocycles. The molecule has 0 aliphatic rings. The number of anilines is 1. The summed E-state index contributed by atoms with van der Waals surface area (Å²) in [4.78, 5) is 27.0. The second-order valence-corrected chi connectivity index (χ2v) is 9.38. The van der Waals surface area contributed by atoms with Crippen molar-refractivity contribution in [2.45, 2.75) is 26.4 Å². The number of hydrogen-bond acceptors (Lipinski definition) is 4. The molecule has 174 valence electrons. The molecule has 0 unspecified atom stereocenters. The average molecular weight is 465 g/mol. The molecule has 0 spiro atoms. The van der Waals surface area contributed by atoms with Crippen molar-refractivity contribution in [1.82, 2.24) is 14.5 Å². The second-order valence-electron chi connectivity index (χ2n) is 7.32. The lowest BCUT2D eigenvalue weighted by Crippen LogP contribution is -2.52. The van der Waals surface area contributed by atoms with Gasteiger partial charge < -0.3 is 10.2 Å². The Morgan fingerprint density at radius 3 is 2.19 bits per heavy atom. The SMILES string of the molecule is CCNC(=O)[C@H](C)N(Cc1ccccc1F)C(=O)CN(c1ccccc1)S(=O)(=O)N(C)C. The molecular formula is C22H29FN4O4S. The summed E-state index contributed by atoms with van der Waals surface area (Å²) < 4.78 is 42.2. The summed E-state index contributed by atoms with van der Waals surface area (Å²) in [6, 6.07) is 13.2. The number of carbonyl (C=O) groups excluding carboxylic acids is 2. The maximum absolute atomic E-state index is 14.3. The Bertz CT molecular complexity index is 1030. The van der Waals surface area contributed by atoms with Gasteiger partial charge in [-0.3, -0.25) is 9.59 Å². The molecule has 2 amide bonds. The number of likely N-dealkylation sites (N-methyl/N-ethyl adjacent to an activating group) is 1. The fourth-order valence-corrected chi connectivity index (χ4v) is 4.08. The molecule has 1 N–H and O–H groups in total. The van der Waals surface area contributed by atoms with E-state index in [0.29, 0.717) is 12.2 Å². The lowest BCUT2D eigenvalue weighted by molar-refractivity contribution is -0.139. The minimum absolute atomic E-state index is 0.186. The molecule has 0 aliphatic heterocycles. The topological polar surface area (TPSA) is 90.0 Å². The molecular weight excluding hydrogens is 435 g/mol. The van der Waals surface area contributed by atoms with Crippen LogP contribution in [0.5, 0.6) is 0 Å². The van der Waals surface area contributed by atoms with E-state index in [1.54, 1.807) is 43.3 Å². The van der Waals surface area contributed by atoms with Crippen LogP contribution in [0.25, 0.3) is 0 Å². The Labute approximate surface area is 188 Å². The third kappa shape index (κ3) is 6.04. The summed E-state index contributed by atoms with van der Waals surface area (Å²) in [6.45, 7) is 2.89. The molecule has 0 bridgehead atoms. The Kier molecular flexibility index (Phi) is 8.73. The highest BCUT2D eigenvalue weighted by atomic mass is 32.2. The van der Waals surface area contributed by atoms with Gasteiger partial charge in [0.15, 0.2) is 0 Å². The minimum Gasteiger partial charge on any atom is -0.355 e. The van der Waals surface area contributed by atoms with E-state index in [1.807, 2.05) is 0 Å². The lowest BCUT2D eigenvalue weighted by atomic mass is 10.1. The number of nitrogens with one attached hydrogen (secondary N) is 1. The van der Waals surface area contributed by atoms with Gasteiger partial charge in [0, 0.05) is 32.7 Å². The molecule has 8 nitrogen and oxygen atoms in total. The summed E-state index contributed by atoms with van der Waals surface area (Å²) in [7, 11) is -1.28. The highest BCUT2D eigenvalue weighted by Crippen LogP contribution is 2.20. The zero-order valence-corrected chi connectivity index (χ0v) is 19.5. The molecule has 0 aromatic heterocycles. The second kappa shape index (κ2) is 11.1. The molecule has 0 radical (unpaired) electrons. The van der Waals surface area contributed by atoms with Crippen molar-refractivity contribution in [1.29, 1.82) is 0 Å². The van der Waals surface area contributed by atoms with Crippen LogP contribution in [0.4, 0.5) is 10.1 Å². The predicted octanol–water partition coefficient (Wildman–Crippen LogP) is 1.99. The van der Waals surface area contributed by atoms with E-state index in [9.17, 15) is 22.4 Å². The fourth-order valence-electron chi connectivity index (χ4n) is 3.03. The number of benzene rings is 2. The van der Waals surface area contributed by atoms with Crippen molar-refractivity contribution in [2.75, 3.05) is 31.5 Å². The molecule has 2 aromatic rings. The molecule has 1 atom stereocenters. The van der Waals surface area contributed by atoms with Crippen molar-refractivity contribution in [2.24, 2.45) is 0 Å². The first kappa shape index (κ1) is 25.3. The van der Waals surface area contributed by atoms with E-state index in [2.05, 4.69) is 5.32 Å². The van der Waals surface area contributed by atoms with Crippen LogP contribution < -0.4 is 9.62 Å².